The molecule has 0 saturated carbocycles. The van der Waals surface area contributed by atoms with Gasteiger partial charge in [0, 0.05) is 6.42 Å². The minimum atomic E-state index is -4.80. The molecule has 0 bridgehead atoms. The van der Waals surface area contributed by atoms with Gasteiger partial charge in [0.15, 0.2) is 5.78 Å². The van der Waals surface area contributed by atoms with Crippen LogP contribution in [0.15, 0.2) is 24.3 Å². The summed E-state index contributed by atoms with van der Waals surface area (Å²) >= 11 is 0. The van der Waals surface area contributed by atoms with Crippen LogP contribution in [0.3, 0.4) is 0 Å². The van der Waals surface area contributed by atoms with Gasteiger partial charge in [0.05, 0.1) is 6.54 Å². The Kier molecular flexibility index (Phi) is 4.74. The molecule has 104 valence electrons. The lowest BCUT2D eigenvalue weighted by molar-refractivity contribution is -0.274. The van der Waals surface area contributed by atoms with E-state index in [2.05, 4.69) is 4.74 Å². The molecule has 0 unspecified atom stereocenters. The van der Waals surface area contributed by atoms with Crippen molar-refractivity contribution in [2.75, 3.05) is 6.54 Å². The summed E-state index contributed by atoms with van der Waals surface area (Å²) in [6.45, 7) is -0.403. The van der Waals surface area contributed by atoms with Crippen molar-refractivity contribution >= 4 is 11.9 Å². The fourth-order valence-corrected chi connectivity index (χ4v) is 1.32. The Bertz CT molecular complexity index is 473. The van der Waals surface area contributed by atoms with Gasteiger partial charge in [-0.15, -0.1) is 13.2 Å². The average molecular weight is 277 g/mol. The van der Waals surface area contributed by atoms with Crippen LogP contribution in [0.5, 0.6) is 5.75 Å². The lowest BCUT2D eigenvalue weighted by Gasteiger charge is -2.09. The molecule has 0 radical (unpaired) electrons. The fourth-order valence-electron chi connectivity index (χ4n) is 1.32. The molecule has 8 heteroatoms. The van der Waals surface area contributed by atoms with Gasteiger partial charge < -0.3 is 15.2 Å². The van der Waals surface area contributed by atoms with E-state index in [4.69, 9.17) is 5.11 Å². The second-order valence-electron chi connectivity index (χ2n) is 3.57. The number of nitrogens with one attached hydrogen (secondary N) is 1. The molecular formula is C11H10F3NO4. The monoisotopic (exact) mass is 277 g/mol. The zero-order chi connectivity index (χ0) is 14.5. The minimum Gasteiger partial charge on any atom is -0.465 e. The third-order valence-electron chi connectivity index (χ3n) is 1.97. The highest BCUT2D eigenvalue weighted by Crippen LogP contribution is 2.23. The van der Waals surface area contributed by atoms with E-state index in [9.17, 15) is 22.8 Å². The smallest absolute Gasteiger partial charge is 0.465 e. The van der Waals surface area contributed by atoms with Crippen LogP contribution in [0, 0.1) is 0 Å². The van der Waals surface area contributed by atoms with E-state index < -0.39 is 30.5 Å². The number of Topliss-reactive ketones (excluding diaryl/α,β-unsaturated/α-hetero) is 1. The Labute approximate surface area is 106 Å². The maximum atomic E-state index is 12.0. The Hall–Kier alpha value is -2.25. The van der Waals surface area contributed by atoms with Gasteiger partial charge in [0.25, 0.3) is 0 Å². The summed E-state index contributed by atoms with van der Waals surface area (Å²) in [4.78, 5) is 21.5. The van der Waals surface area contributed by atoms with Crippen LogP contribution in [-0.4, -0.2) is 29.9 Å². The summed E-state index contributed by atoms with van der Waals surface area (Å²) in [5, 5.41) is 10.2. The molecule has 0 aliphatic heterocycles. The van der Waals surface area contributed by atoms with Crippen LogP contribution in [0.1, 0.15) is 5.56 Å². The van der Waals surface area contributed by atoms with Crippen molar-refractivity contribution in [3.05, 3.63) is 29.8 Å². The quantitative estimate of drug-likeness (QED) is 0.862. The predicted molar refractivity (Wildman–Crippen MR) is 57.9 cm³/mol. The molecule has 0 fully saturated rings. The summed E-state index contributed by atoms with van der Waals surface area (Å²) in [5.41, 5.74) is 0.305. The number of alkyl halides is 3. The number of carboxylic acid groups (broad SMARTS) is 1. The average Bonchev–Trinajstić information content (AvgIpc) is 2.24. The second kappa shape index (κ2) is 6.07. The number of hydrogen-bond donors (Lipinski definition) is 2. The molecule has 0 heterocycles. The number of rotatable bonds is 5. The van der Waals surface area contributed by atoms with Gasteiger partial charge in [-0.25, -0.2) is 4.79 Å². The summed E-state index contributed by atoms with van der Waals surface area (Å²) in [7, 11) is 0. The van der Waals surface area contributed by atoms with Gasteiger partial charge in [-0.1, -0.05) is 12.1 Å². The van der Waals surface area contributed by atoms with Crippen molar-refractivity contribution in [2.24, 2.45) is 0 Å². The van der Waals surface area contributed by atoms with Crippen LogP contribution in [-0.2, 0) is 11.2 Å². The maximum absolute atomic E-state index is 12.0. The highest BCUT2D eigenvalue weighted by atomic mass is 19.4. The van der Waals surface area contributed by atoms with E-state index in [1.165, 1.54) is 12.1 Å². The zero-order valence-corrected chi connectivity index (χ0v) is 9.53. The van der Waals surface area contributed by atoms with Gasteiger partial charge >= 0.3 is 12.5 Å². The Morgan fingerprint density at radius 1 is 1.32 bits per heavy atom. The molecule has 0 aliphatic carbocycles. The summed E-state index contributed by atoms with van der Waals surface area (Å²) in [5.74, 6) is -0.893. The van der Waals surface area contributed by atoms with Crippen molar-refractivity contribution < 1.29 is 32.6 Å². The summed E-state index contributed by atoms with van der Waals surface area (Å²) in [6.07, 6.45) is -6.33. The van der Waals surface area contributed by atoms with Gasteiger partial charge in [-0.2, -0.15) is 0 Å². The number of carbonyl (C=O) groups excluding carboxylic acids is 1. The number of amides is 1. The van der Waals surface area contributed by atoms with Gasteiger partial charge in [-0.05, 0) is 17.7 Å². The maximum Gasteiger partial charge on any atom is 0.573 e. The molecule has 0 spiro atoms. The first-order chi connectivity index (χ1) is 8.76. The lowest BCUT2D eigenvalue weighted by atomic mass is 10.1. The normalized spacial score (nSPS) is 10.9. The molecule has 0 aromatic heterocycles. The molecule has 19 heavy (non-hydrogen) atoms. The SMILES string of the molecule is O=C(CNC(=O)O)Cc1cccc(OC(F)(F)F)c1. The predicted octanol–water partition coefficient (Wildman–Crippen LogP) is 1.96. The number of hydrogen-bond acceptors (Lipinski definition) is 3. The van der Waals surface area contributed by atoms with Crippen molar-refractivity contribution in [3.63, 3.8) is 0 Å². The van der Waals surface area contributed by atoms with Crippen molar-refractivity contribution in [2.45, 2.75) is 12.8 Å². The fraction of sp³-hybridized carbons (Fsp3) is 0.273. The molecule has 1 aromatic carbocycles. The van der Waals surface area contributed by atoms with Crippen LogP contribution < -0.4 is 10.1 Å². The first-order valence-corrected chi connectivity index (χ1v) is 5.09. The Morgan fingerprint density at radius 3 is 2.58 bits per heavy atom. The highest BCUT2D eigenvalue weighted by Gasteiger charge is 2.31. The van der Waals surface area contributed by atoms with E-state index in [1.54, 1.807) is 0 Å². The van der Waals surface area contributed by atoms with E-state index in [0.29, 0.717) is 5.56 Å². The van der Waals surface area contributed by atoms with E-state index in [-0.39, 0.29) is 6.42 Å². The number of carbonyl (C=O) groups is 2. The number of halogens is 3. The largest absolute Gasteiger partial charge is 0.573 e. The standard InChI is InChI=1S/C11H10F3NO4/c12-11(13,14)19-9-3-1-2-7(5-9)4-8(16)6-15-10(17)18/h1-3,5,15H,4,6H2,(H,17,18). The third kappa shape index (κ3) is 6.29. The van der Waals surface area contributed by atoms with Gasteiger partial charge in [-0.3, -0.25) is 4.79 Å². The molecule has 0 saturated heterocycles. The first kappa shape index (κ1) is 14.8. The van der Waals surface area contributed by atoms with Gasteiger partial charge in [0.2, 0.25) is 0 Å². The van der Waals surface area contributed by atoms with Crippen molar-refractivity contribution in [3.8, 4) is 5.75 Å². The molecule has 1 aromatic rings. The highest BCUT2D eigenvalue weighted by molar-refractivity contribution is 5.85. The topological polar surface area (TPSA) is 75.6 Å². The number of benzene rings is 1. The molecular weight excluding hydrogens is 267 g/mol. The van der Waals surface area contributed by atoms with E-state index in [0.717, 1.165) is 12.1 Å². The Morgan fingerprint density at radius 2 is 2.00 bits per heavy atom. The molecule has 1 amide bonds. The van der Waals surface area contributed by atoms with Crippen LogP contribution >= 0.6 is 0 Å². The summed E-state index contributed by atoms with van der Waals surface area (Å²) < 4.78 is 39.6. The number of ether oxygens (including phenoxy) is 1. The third-order valence-corrected chi connectivity index (χ3v) is 1.97. The lowest BCUT2D eigenvalue weighted by Crippen LogP contribution is -2.28. The molecule has 2 N–H and O–H groups in total. The second-order valence-corrected chi connectivity index (χ2v) is 3.57. The Balaban J connectivity index is 2.62. The first-order valence-electron chi connectivity index (χ1n) is 5.09. The number of ketones is 1. The molecule has 5 nitrogen and oxygen atoms in total. The molecule has 0 aliphatic rings. The van der Waals surface area contributed by atoms with E-state index in [1.807, 2.05) is 5.32 Å². The zero-order valence-electron chi connectivity index (χ0n) is 9.53. The molecule has 1 rings (SSSR count). The minimum absolute atomic E-state index is 0.185. The van der Waals surface area contributed by atoms with E-state index >= 15 is 0 Å². The van der Waals surface area contributed by atoms with Crippen molar-refractivity contribution in [1.82, 2.24) is 5.32 Å². The van der Waals surface area contributed by atoms with Crippen LogP contribution in [0.2, 0.25) is 0 Å². The molecule has 0 atom stereocenters. The van der Waals surface area contributed by atoms with Crippen LogP contribution in [0.25, 0.3) is 0 Å². The summed E-state index contributed by atoms with van der Waals surface area (Å²) in [6, 6.07) is 4.94. The van der Waals surface area contributed by atoms with Crippen LogP contribution in [0.4, 0.5) is 18.0 Å². The van der Waals surface area contributed by atoms with Gasteiger partial charge in [0.1, 0.15) is 5.75 Å². The van der Waals surface area contributed by atoms with Crippen molar-refractivity contribution in [1.29, 1.82) is 0 Å².